The van der Waals surface area contributed by atoms with Crippen LogP contribution in [0.4, 0.5) is 0 Å². The van der Waals surface area contributed by atoms with Crippen molar-refractivity contribution in [1.29, 1.82) is 0 Å². The van der Waals surface area contributed by atoms with Crippen molar-refractivity contribution in [3.8, 4) is 0 Å². The Morgan fingerprint density at radius 3 is 3.06 bits per heavy atom. The number of hydrogen-bond acceptors (Lipinski definition) is 5. The third-order valence-corrected chi connectivity index (χ3v) is 3.74. The van der Waals surface area contributed by atoms with Crippen molar-refractivity contribution in [2.75, 3.05) is 0 Å². The average Bonchev–Trinajstić information content (AvgIpc) is 2.90. The number of aromatic amines is 1. The van der Waals surface area contributed by atoms with Gasteiger partial charge in [0.2, 0.25) is 0 Å². The Hall–Kier alpha value is -1.61. The predicted octanol–water partition coefficient (Wildman–Crippen LogP) is 1.06. The predicted molar refractivity (Wildman–Crippen MR) is 68.6 cm³/mol. The summed E-state index contributed by atoms with van der Waals surface area (Å²) in [7, 11) is 1.65. The molecule has 7 nitrogen and oxygen atoms in total. The highest BCUT2D eigenvalue weighted by molar-refractivity contribution is 9.10. The highest BCUT2D eigenvalue weighted by atomic mass is 79.9. The molecular weight excluding hydrogens is 320 g/mol. The monoisotopic (exact) mass is 326 g/mol. The number of halogens is 1. The summed E-state index contributed by atoms with van der Waals surface area (Å²) in [6, 6.07) is 0. The third-order valence-electron chi connectivity index (χ3n) is 2.34. The van der Waals surface area contributed by atoms with E-state index in [0.717, 1.165) is 5.65 Å². The lowest BCUT2D eigenvalue weighted by Crippen LogP contribution is -2.12. The number of H-pyrrole nitrogens is 1. The molecule has 0 unspecified atom stereocenters. The summed E-state index contributed by atoms with van der Waals surface area (Å²) in [6.07, 6.45) is 5.34. The molecule has 18 heavy (non-hydrogen) atoms. The summed E-state index contributed by atoms with van der Waals surface area (Å²) in [5.74, 6) is 0. The smallest absolute Gasteiger partial charge is 0.302 e. The number of fused-ring (bicyclic) bond motifs is 1. The second-order valence-electron chi connectivity index (χ2n) is 3.50. The van der Waals surface area contributed by atoms with E-state index < -0.39 is 0 Å². The lowest BCUT2D eigenvalue weighted by atomic mass is 10.7. The Kier molecular flexibility index (Phi) is 2.71. The zero-order chi connectivity index (χ0) is 12.7. The first kappa shape index (κ1) is 11.5. The van der Waals surface area contributed by atoms with E-state index in [1.54, 1.807) is 13.2 Å². The topological polar surface area (TPSA) is 80.9 Å². The minimum Gasteiger partial charge on any atom is -0.302 e. The molecule has 3 aromatic rings. The molecule has 0 aliphatic heterocycles. The van der Waals surface area contributed by atoms with Crippen LogP contribution in [0.2, 0.25) is 0 Å². The fraction of sp³-hybridized carbons (Fsp3) is 0.111. The number of imidazole rings is 1. The molecule has 0 aliphatic carbocycles. The Morgan fingerprint density at radius 2 is 2.33 bits per heavy atom. The van der Waals surface area contributed by atoms with Crippen LogP contribution in [0.3, 0.4) is 0 Å². The maximum absolute atomic E-state index is 11.3. The molecule has 0 bridgehead atoms. The van der Waals surface area contributed by atoms with Crippen molar-refractivity contribution in [2.45, 2.75) is 10.2 Å². The first-order valence-electron chi connectivity index (χ1n) is 4.93. The molecular formula is C9H7BrN6OS. The van der Waals surface area contributed by atoms with Crippen LogP contribution in [-0.2, 0) is 7.05 Å². The van der Waals surface area contributed by atoms with E-state index in [-0.39, 0.29) is 5.69 Å². The summed E-state index contributed by atoms with van der Waals surface area (Å²) in [6.45, 7) is 0. The molecule has 0 atom stereocenters. The molecule has 0 aromatic carbocycles. The largest absolute Gasteiger partial charge is 0.343 e. The lowest BCUT2D eigenvalue weighted by molar-refractivity contribution is 0.764. The van der Waals surface area contributed by atoms with Gasteiger partial charge in [0.25, 0.3) is 0 Å². The van der Waals surface area contributed by atoms with Crippen molar-refractivity contribution in [2.24, 2.45) is 7.05 Å². The Labute approximate surface area is 113 Å². The van der Waals surface area contributed by atoms with Crippen molar-refractivity contribution < 1.29 is 0 Å². The summed E-state index contributed by atoms with van der Waals surface area (Å²) >= 11 is 4.61. The molecule has 0 spiro atoms. The minimum absolute atomic E-state index is 0.258. The van der Waals surface area contributed by atoms with Gasteiger partial charge >= 0.3 is 5.69 Å². The number of hydrogen-bond donors (Lipinski definition) is 1. The zero-order valence-corrected chi connectivity index (χ0v) is 11.6. The van der Waals surface area contributed by atoms with E-state index in [1.165, 1.54) is 16.3 Å². The highest BCUT2D eigenvalue weighted by Gasteiger charge is 2.12. The molecule has 0 amide bonds. The van der Waals surface area contributed by atoms with Gasteiger partial charge in [0.15, 0.2) is 10.8 Å². The van der Waals surface area contributed by atoms with Crippen molar-refractivity contribution in [3.05, 3.63) is 33.7 Å². The van der Waals surface area contributed by atoms with Crippen LogP contribution >= 0.6 is 27.7 Å². The molecule has 9 heteroatoms. The molecule has 3 rings (SSSR count). The van der Waals surface area contributed by atoms with Crippen LogP contribution in [0.15, 0.2) is 38.2 Å². The SMILES string of the molecule is Cn1c(Sc2nc(Br)cn3ccnc23)n[nH]c1=O. The quantitative estimate of drug-likeness (QED) is 0.761. The number of nitrogens with zero attached hydrogens (tertiary/aromatic N) is 5. The van der Waals surface area contributed by atoms with Gasteiger partial charge in [0.1, 0.15) is 9.63 Å². The van der Waals surface area contributed by atoms with Crippen LogP contribution in [0, 0.1) is 0 Å². The van der Waals surface area contributed by atoms with Gasteiger partial charge in [0.05, 0.1) is 0 Å². The first-order valence-corrected chi connectivity index (χ1v) is 6.54. The fourth-order valence-electron chi connectivity index (χ4n) is 1.45. The van der Waals surface area contributed by atoms with E-state index in [2.05, 4.69) is 36.1 Å². The van der Waals surface area contributed by atoms with Crippen molar-refractivity contribution in [3.63, 3.8) is 0 Å². The lowest BCUT2D eigenvalue weighted by Gasteiger charge is -2.02. The molecule has 3 heterocycles. The maximum Gasteiger partial charge on any atom is 0.343 e. The molecule has 3 aromatic heterocycles. The molecule has 0 saturated heterocycles. The zero-order valence-electron chi connectivity index (χ0n) is 9.16. The van der Waals surface area contributed by atoms with Gasteiger partial charge in [-0.3, -0.25) is 4.57 Å². The second kappa shape index (κ2) is 4.25. The minimum atomic E-state index is -0.258. The first-order chi connectivity index (χ1) is 8.65. The van der Waals surface area contributed by atoms with E-state index in [0.29, 0.717) is 14.8 Å². The molecule has 0 aliphatic rings. The van der Waals surface area contributed by atoms with Gasteiger partial charge in [-0.05, 0) is 27.7 Å². The van der Waals surface area contributed by atoms with Gasteiger partial charge in [0, 0.05) is 25.6 Å². The van der Waals surface area contributed by atoms with Gasteiger partial charge < -0.3 is 4.40 Å². The van der Waals surface area contributed by atoms with Crippen LogP contribution in [0.25, 0.3) is 5.65 Å². The van der Waals surface area contributed by atoms with Crippen LogP contribution in [0.5, 0.6) is 0 Å². The van der Waals surface area contributed by atoms with Crippen LogP contribution in [-0.4, -0.2) is 29.1 Å². The number of aromatic nitrogens is 6. The number of rotatable bonds is 2. The fourth-order valence-corrected chi connectivity index (χ4v) is 2.84. The number of nitrogens with one attached hydrogen (secondary N) is 1. The summed E-state index contributed by atoms with van der Waals surface area (Å²) in [5.41, 5.74) is 0.463. The normalized spacial score (nSPS) is 11.2. The Morgan fingerprint density at radius 1 is 1.50 bits per heavy atom. The standard InChI is InChI=1S/C9H7BrN6OS/c1-15-8(17)13-14-9(15)18-7-6-11-2-3-16(6)4-5(10)12-7/h2-4H,1H3,(H,13,17). The Balaban J connectivity index is 2.12. The molecule has 0 fully saturated rings. The summed E-state index contributed by atoms with van der Waals surface area (Å²) in [4.78, 5) is 19.9. The summed E-state index contributed by atoms with van der Waals surface area (Å²) < 4.78 is 3.97. The average molecular weight is 327 g/mol. The van der Waals surface area contributed by atoms with E-state index in [4.69, 9.17) is 0 Å². The maximum atomic E-state index is 11.3. The van der Waals surface area contributed by atoms with E-state index in [9.17, 15) is 4.79 Å². The second-order valence-corrected chi connectivity index (χ2v) is 5.27. The highest BCUT2D eigenvalue weighted by Crippen LogP contribution is 2.27. The van der Waals surface area contributed by atoms with E-state index in [1.807, 2.05) is 16.8 Å². The van der Waals surface area contributed by atoms with E-state index >= 15 is 0 Å². The van der Waals surface area contributed by atoms with Crippen LogP contribution < -0.4 is 5.69 Å². The Bertz CT molecular complexity index is 775. The molecule has 1 N–H and O–H groups in total. The van der Waals surface area contributed by atoms with Gasteiger partial charge in [-0.1, -0.05) is 0 Å². The molecule has 92 valence electrons. The van der Waals surface area contributed by atoms with Crippen LogP contribution in [0.1, 0.15) is 0 Å². The van der Waals surface area contributed by atoms with Gasteiger partial charge in [-0.15, -0.1) is 5.10 Å². The van der Waals surface area contributed by atoms with Gasteiger partial charge in [-0.2, -0.15) is 0 Å². The molecule has 0 saturated carbocycles. The summed E-state index contributed by atoms with van der Waals surface area (Å²) in [5, 5.41) is 7.53. The van der Waals surface area contributed by atoms with Crippen molar-refractivity contribution >= 4 is 33.3 Å². The third kappa shape index (κ3) is 1.85. The van der Waals surface area contributed by atoms with Crippen molar-refractivity contribution in [1.82, 2.24) is 29.1 Å². The molecule has 0 radical (unpaired) electrons. The van der Waals surface area contributed by atoms with Gasteiger partial charge in [-0.25, -0.2) is 19.9 Å².